The van der Waals surface area contributed by atoms with E-state index >= 15 is 0 Å². The molecule has 0 radical (unpaired) electrons. The molecule has 0 heterocycles. The molecule has 7 nitrogen and oxygen atoms in total. The van der Waals surface area contributed by atoms with Gasteiger partial charge in [0.2, 0.25) is 5.91 Å². The van der Waals surface area contributed by atoms with Crippen LogP contribution in [-0.2, 0) is 11.2 Å². The summed E-state index contributed by atoms with van der Waals surface area (Å²) in [4.78, 5) is 24.1. The highest BCUT2D eigenvalue weighted by Gasteiger charge is 2.20. The van der Waals surface area contributed by atoms with Crippen LogP contribution >= 0.6 is 0 Å². The number of rotatable bonds is 3. The molecule has 2 aromatic rings. The van der Waals surface area contributed by atoms with Crippen molar-refractivity contribution in [3.05, 3.63) is 53.6 Å². The number of nitrogen functional groups attached to an aromatic ring is 1. The van der Waals surface area contributed by atoms with Crippen LogP contribution < -0.4 is 11.6 Å². The van der Waals surface area contributed by atoms with Crippen LogP contribution in [0.3, 0.4) is 0 Å². The standard InChI is InChI=1S/C15H15N3O4/c16-12-8-10(4-5-13(12)20)15(22)18(17)14(21)7-9-2-1-3-11(19)6-9/h1-6,8,19-20H,7,16-17H2. The van der Waals surface area contributed by atoms with Gasteiger partial charge in [-0.15, -0.1) is 0 Å². The molecule has 2 amide bonds. The predicted octanol–water partition coefficient (Wildman–Crippen LogP) is 0.765. The van der Waals surface area contributed by atoms with Gasteiger partial charge in [0.1, 0.15) is 11.5 Å². The summed E-state index contributed by atoms with van der Waals surface area (Å²) in [6.45, 7) is 0. The molecule has 0 aliphatic heterocycles. The molecule has 6 N–H and O–H groups in total. The van der Waals surface area contributed by atoms with Crippen molar-refractivity contribution in [1.82, 2.24) is 5.01 Å². The van der Waals surface area contributed by atoms with E-state index in [1.54, 1.807) is 12.1 Å². The number of phenols is 2. The third kappa shape index (κ3) is 3.33. The van der Waals surface area contributed by atoms with Crippen LogP contribution in [0.1, 0.15) is 15.9 Å². The van der Waals surface area contributed by atoms with Crippen LogP contribution in [0.25, 0.3) is 0 Å². The molecule has 0 spiro atoms. The maximum Gasteiger partial charge on any atom is 0.274 e. The zero-order valence-electron chi connectivity index (χ0n) is 11.6. The molecule has 0 unspecified atom stereocenters. The van der Waals surface area contributed by atoms with E-state index in [4.69, 9.17) is 11.6 Å². The Morgan fingerprint density at radius 1 is 1.09 bits per heavy atom. The molecule has 0 aliphatic rings. The van der Waals surface area contributed by atoms with Crippen LogP contribution in [-0.4, -0.2) is 27.0 Å². The summed E-state index contributed by atoms with van der Waals surface area (Å²) in [7, 11) is 0. The van der Waals surface area contributed by atoms with Gasteiger partial charge < -0.3 is 15.9 Å². The van der Waals surface area contributed by atoms with Crippen LogP contribution in [0.15, 0.2) is 42.5 Å². The number of hydrazine groups is 1. The summed E-state index contributed by atoms with van der Waals surface area (Å²) in [6, 6.07) is 9.90. The van der Waals surface area contributed by atoms with Crippen molar-refractivity contribution in [1.29, 1.82) is 0 Å². The van der Waals surface area contributed by atoms with E-state index in [1.165, 1.54) is 30.3 Å². The van der Waals surface area contributed by atoms with Crippen molar-refractivity contribution in [3.63, 3.8) is 0 Å². The van der Waals surface area contributed by atoms with Gasteiger partial charge in [-0.1, -0.05) is 12.1 Å². The second-order valence-corrected chi connectivity index (χ2v) is 4.69. The van der Waals surface area contributed by atoms with Gasteiger partial charge in [-0.25, -0.2) is 10.9 Å². The molecular weight excluding hydrogens is 286 g/mol. The van der Waals surface area contributed by atoms with E-state index < -0.39 is 11.8 Å². The van der Waals surface area contributed by atoms with Gasteiger partial charge in [-0.05, 0) is 35.9 Å². The lowest BCUT2D eigenvalue weighted by Crippen LogP contribution is -2.43. The number of benzene rings is 2. The topological polar surface area (TPSA) is 130 Å². The van der Waals surface area contributed by atoms with Crippen LogP contribution in [0.5, 0.6) is 11.5 Å². The lowest BCUT2D eigenvalue weighted by molar-refractivity contribution is -0.128. The number of imide groups is 1. The molecule has 0 aliphatic carbocycles. The largest absolute Gasteiger partial charge is 0.508 e. The SMILES string of the molecule is Nc1cc(C(=O)N(N)C(=O)Cc2cccc(O)c2)ccc1O. The molecule has 7 heteroatoms. The number of nitrogens with zero attached hydrogens (tertiary/aromatic N) is 1. The van der Waals surface area contributed by atoms with E-state index in [9.17, 15) is 19.8 Å². The van der Waals surface area contributed by atoms with Crippen molar-refractivity contribution < 1.29 is 19.8 Å². The van der Waals surface area contributed by atoms with E-state index in [0.29, 0.717) is 10.6 Å². The average molecular weight is 301 g/mol. The Bertz CT molecular complexity index is 730. The molecule has 0 saturated heterocycles. The lowest BCUT2D eigenvalue weighted by Gasteiger charge is -2.15. The van der Waals surface area contributed by atoms with Gasteiger partial charge >= 0.3 is 0 Å². The number of carbonyl (C=O) groups excluding carboxylic acids is 2. The fraction of sp³-hybridized carbons (Fsp3) is 0.0667. The van der Waals surface area contributed by atoms with Crippen molar-refractivity contribution in [3.8, 4) is 11.5 Å². The Morgan fingerprint density at radius 2 is 1.82 bits per heavy atom. The summed E-state index contributed by atoms with van der Waals surface area (Å²) in [5.74, 6) is 4.02. The molecule has 2 aromatic carbocycles. The highest BCUT2D eigenvalue weighted by molar-refractivity contribution is 6.05. The minimum absolute atomic E-state index is 0.0136. The van der Waals surface area contributed by atoms with E-state index in [-0.39, 0.29) is 29.2 Å². The molecule has 114 valence electrons. The number of phenolic OH excluding ortho intramolecular Hbond substituents is 2. The van der Waals surface area contributed by atoms with Crippen molar-refractivity contribution in [2.75, 3.05) is 5.73 Å². The normalized spacial score (nSPS) is 10.2. The molecular formula is C15H15N3O4. The number of anilines is 1. The minimum atomic E-state index is -0.739. The first-order valence-electron chi connectivity index (χ1n) is 6.37. The smallest absolute Gasteiger partial charge is 0.274 e. The second-order valence-electron chi connectivity index (χ2n) is 4.69. The minimum Gasteiger partial charge on any atom is -0.508 e. The number of amides is 2. The first-order chi connectivity index (χ1) is 10.4. The van der Waals surface area contributed by atoms with Crippen molar-refractivity contribution >= 4 is 17.5 Å². The molecule has 0 fully saturated rings. The second kappa shape index (κ2) is 6.15. The van der Waals surface area contributed by atoms with E-state index in [1.807, 2.05) is 0 Å². The fourth-order valence-corrected chi connectivity index (χ4v) is 1.87. The molecule has 0 atom stereocenters. The van der Waals surface area contributed by atoms with Gasteiger partial charge in [-0.3, -0.25) is 9.59 Å². The number of hydrogen-bond donors (Lipinski definition) is 4. The summed E-state index contributed by atoms with van der Waals surface area (Å²) in [5, 5.41) is 19.2. The fourth-order valence-electron chi connectivity index (χ4n) is 1.87. The third-order valence-corrected chi connectivity index (χ3v) is 3.03. The van der Waals surface area contributed by atoms with E-state index in [0.717, 1.165) is 0 Å². The Labute approximate surface area is 126 Å². The zero-order chi connectivity index (χ0) is 16.3. The highest BCUT2D eigenvalue weighted by Crippen LogP contribution is 2.21. The first-order valence-corrected chi connectivity index (χ1v) is 6.37. The van der Waals surface area contributed by atoms with Crippen LogP contribution in [0, 0.1) is 0 Å². The maximum absolute atomic E-state index is 12.1. The summed E-state index contributed by atoms with van der Waals surface area (Å²) >= 11 is 0. The first kappa shape index (κ1) is 15.3. The van der Waals surface area contributed by atoms with Gasteiger partial charge in [-0.2, -0.15) is 0 Å². The lowest BCUT2D eigenvalue weighted by atomic mass is 10.1. The Balaban J connectivity index is 2.12. The maximum atomic E-state index is 12.1. The van der Waals surface area contributed by atoms with Crippen molar-refractivity contribution in [2.45, 2.75) is 6.42 Å². The van der Waals surface area contributed by atoms with Gasteiger partial charge in [0.25, 0.3) is 5.91 Å². The quantitative estimate of drug-likeness (QED) is 0.218. The molecule has 22 heavy (non-hydrogen) atoms. The summed E-state index contributed by atoms with van der Waals surface area (Å²) in [5.41, 5.74) is 6.13. The Morgan fingerprint density at radius 3 is 2.45 bits per heavy atom. The van der Waals surface area contributed by atoms with Crippen molar-refractivity contribution in [2.24, 2.45) is 5.84 Å². The number of aromatic hydroxyl groups is 2. The van der Waals surface area contributed by atoms with Gasteiger partial charge in [0.15, 0.2) is 0 Å². The molecule has 2 rings (SSSR count). The van der Waals surface area contributed by atoms with Gasteiger partial charge in [0.05, 0.1) is 12.1 Å². The molecule has 0 bridgehead atoms. The third-order valence-electron chi connectivity index (χ3n) is 3.03. The zero-order valence-corrected chi connectivity index (χ0v) is 11.6. The predicted molar refractivity (Wildman–Crippen MR) is 79.7 cm³/mol. The number of hydrogen-bond acceptors (Lipinski definition) is 6. The van der Waals surface area contributed by atoms with Gasteiger partial charge in [0, 0.05) is 5.56 Å². The Kier molecular flexibility index (Phi) is 4.28. The van der Waals surface area contributed by atoms with E-state index in [2.05, 4.69) is 0 Å². The highest BCUT2D eigenvalue weighted by atomic mass is 16.3. The molecule has 0 aromatic heterocycles. The average Bonchev–Trinajstić information content (AvgIpc) is 2.48. The van der Waals surface area contributed by atoms with Crippen LogP contribution in [0.2, 0.25) is 0 Å². The number of nitrogens with two attached hydrogens (primary N) is 2. The molecule has 0 saturated carbocycles. The summed E-state index contributed by atoms with van der Waals surface area (Å²) in [6.07, 6.45) is -0.135. The summed E-state index contributed by atoms with van der Waals surface area (Å²) < 4.78 is 0. The van der Waals surface area contributed by atoms with Crippen LogP contribution in [0.4, 0.5) is 5.69 Å². The Hall–Kier alpha value is -3.06. The number of carbonyl (C=O) groups is 2. The monoisotopic (exact) mass is 301 g/mol.